The van der Waals surface area contributed by atoms with E-state index in [0.29, 0.717) is 4.99 Å². The maximum absolute atomic E-state index is 5.77. The van der Waals surface area contributed by atoms with E-state index in [4.69, 9.17) is 18.0 Å². The van der Waals surface area contributed by atoms with E-state index in [-0.39, 0.29) is 0 Å². The minimum atomic E-state index is 0.472. The fourth-order valence-corrected chi connectivity index (χ4v) is 3.08. The summed E-state index contributed by atoms with van der Waals surface area (Å²) in [6.07, 6.45) is 8.30. The van der Waals surface area contributed by atoms with Crippen LogP contribution in [0, 0.1) is 12.8 Å². The monoisotopic (exact) mass is 276 g/mol. The van der Waals surface area contributed by atoms with E-state index >= 15 is 0 Å². The van der Waals surface area contributed by atoms with Gasteiger partial charge in [0.05, 0.1) is 0 Å². The lowest BCUT2D eigenvalue weighted by Gasteiger charge is -2.22. The van der Waals surface area contributed by atoms with E-state index in [1.165, 1.54) is 44.1 Å². The van der Waals surface area contributed by atoms with Crippen LogP contribution in [-0.4, -0.2) is 11.5 Å². The standard InChI is InChI=1S/C16H24N2S/c1-12-7-8-14(16(17)19)15(11-12)18-10-9-13-5-3-2-4-6-13/h7-8,11,13,18H,2-6,9-10H2,1H3,(H2,17,19). The van der Waals surface area contributed by atoms with Gasteiger partial charge in [-0.2, -0.15) is 0 Å². The van der Waals surface area contributed by atoms with Crippen molar-refractivity contribution in [3.63, 3.8) is 0 Å². The number of anilines is 1. The molecule has 0 unspecified atom stereocenters. The summed E-state index contributed by atoms with van der Waals surface area (Å²) in [4.78, 5) is 0.472. The van der Waals surface area contributed by atoms with Crippen molar-refractivity contribution in [3.05, 3.63) is 29.3 Å². The van der Waals surface area contributed by atoms with Gasteiger partial charge >= 0.3 is 0 Å². The zero-order valence-corrected chi connectivity index (χ0v) is 12.6. The summed E-state index contributed by atoms with van der Waals surface area (Å²) >= 11 is 5.11. The van der Waals surface area contributed by atoms with Crippen molar-refractivity contribution < 1.29 is 0 Å². The summed E-state index contributed by atoms with van der Waals surface area (Å²) in [5.74, 6) is 0.902. The number of nitrogens with two attached hydrogens (primary N) is 1. The average Bonchev–Trinajstić information content (AvgIpc) is 2.39. The van der Waals surface area contributed by atoms with Crippen molar-refractivity contribution >= 4 is 22.9 Å². The van der Waals surface area contributed by atoms with Gasteiger partial charge in [0.2, 0.25) is 0 Å². The lowest BCUT2D eigenvalue weighted by atomic mass is 9.87. The first-order chi connectivity index (χ1) is 9.16. The number of thiocarbonyl (C=S) groups is 1. The zero-order chi connectivity index (χ0) is 13.7. The molecule has 1 aliphatic rings. The second kappa shape index (κ2) is 6.90. The minimum absolute atomic E-state index is 0.472. The van der Waals surface area contributed by atoms with Crippen LogP contribution in [0.25, 0.3) is 0 Å². The predicted molar refractivity (Wildman–Crippen MR) is 86.7 cm³/mol. The topological polar surface area (TPSA) is 38.0 Å². The van der Waals surface area contributed by atoms with Crippen LogP contribution < -0.4 is 11.1 Å². The smallest absolute Gasteiger partial charge is 0.106 e. The number of benzene rings is 1. The van der Waals surface area contributed by atoms with E-state index in [1.54, 1.807) is 0 Å². The third kappa shape index (κ3) is 4.20. The van der Waals surface area contributed by atoms with Crippen LogP contribution in [0.3, 0.4) is 0 Å². The average molecular weight is 276 g/mol. The molecule has 0 bridgehead atoms. The van der Waals surface area contributed by atoms with E-state index in [9.17, 15) is 0 Å². The van der Waals surface area contributed by atoms with Gasteiger partial charge < -0.3 is 11.1 Å². The van der Waals surface area contributed by atoms with Crippen molar-refractivity contribution in [3.8, 4) is 0 Å². The number of hydrogen-bond donors (Lipinski definition) is 2. The van der Waals surface area contributed by atoms with E-state index in [2.05, 4.69) is 24.4 Å². The van der Waals surface area contributed by atoms with Crippen molar-refractivity contribution in [1.82, 2.24) is 0 Å². The molecule has 104 valence electrons. The molecule has 0 saturated heterocycles. The van der Waals surface area contributed by atoms with Crippen molar-refractivity contribution in [1.29, 1.82) is 0 Å². The maximum Gasteiger partial charge on any atom is 0.106 e. The third-order valence-corrected chi connectivity index (χ3v) is 4.25. The molecule has 0 aromatic heterocycles. The first-order valence-electron chi connectivity index (χ1n) is 7.31. The molecule has 1 fully saturated rings. The summed E-state index contributed by atoms with van der Waals surface area (Å²) in [6.45, 7) is 3.11. The summed E-state index contributed by atoms with van der Waals surface area (Å²) < 4.78 is 0. The Morgan fingerprint density at radius 1 is 1.32 bits per heavy atom. The normalized spacial score (nSPS) is 16.3. The molecule has 0 radical (unpaired) electrons. The molecule has 0 amide bonds. The number of rotatable bonds is 5. The Bertz CT molecular complexity index is 436. The molecule has 1 aromatic carbocycles. The van der Waals surface area contributed by atoms with Gasteiger partial charge in [-0.15, -0.1) is 0 Å². The molecule has 1 saturated carbocycles. The third-order valence-electron chi connectivity index (χ3n) is 4.03. The molecule has 1 aliphatic carbocycles. The Hall–Kier alpha value is -1.09. The van der Waals surface area contributed by atoms with Crippen LogP contribution in [0.2, 0.25) is 0 Å². The van der Waals surface area contributed by atoms with Crippen LogP contribution in [0.15, 0.2) is 18.2 Å². The van der Waals surface area contributed by atoms with Crippen LogP contribution in [-0.2, 0) is 0 Å². The molecule has 2 rings (SSSR count). The zero-order valence-electron chi connectivity index (χ0n) is 11.7. The molecule has 0 spiro atoms. The van der Waals surface area contributed by atoms with Crippen LogP contribution in [0.4, 0.5) is 5.69 Å². The van der Waals surface area contributed by atoms with Crippen LogP contribution in [0.5, 0.6) is 0 Å². The van der Waals surface area contributed by atoms with Gasteiger partial charge in [-0.05, 0) is 37.0 Å². The van der Waals surface area contributed by atoms with Crippen molar-refractivity contribution in [2.45, 2.75) is 45.4 Å². The van der Waals surface area contributed by atoms with Crippen LogP contribution in [0.1, 0.15) is 49.7 Å². The molecule has 0 heterocycles. The summed E-state index contributed by atoms with van der Waals surface area (Å²) in [6, 6.07) is 6.21. The Balaban J connectivity index is 1.91. The van der Waals surface area contributed by atoms with E-state index in [1.807, 2.05) is 6.07 Å². The SMILES string of the molecule is Cc1ccc(C(N)=S)c(NCCC2CCCCC2)c1. The Morgan fingerprint density at radius 2 is 2.05 bits per heavy atom. The highest BCUT2D eigenvalue weighted by atomic mass is 32.1. The fourth-order valence-electron chi connectivity index (χ4n) is 2.91. The second-order valence-corrected chi connectivity index (χ2v) is 6.07. The molecule has 3 N–H and O–H groups in total. The van der Waals surface area contributed by atoms with Crippen molar-refractivity contribution in [2.24, 2.45) is 11.7 Å². The second-order valence-electron chi connectivity index (χ2n) is 5.63. The first-order valence-corrected chi connectivity index (χ1v) is 7.72. The first kappa shape index (κ1) is 14.3. The molecular formula is C16H24N2S. The van der Waals surface area contributed by atoms with Gasteiger partial charge in [-0.25, -0.2) is 0 Å². The Labute approximate surface area is 121 Å². The van der Waals surface area contributed by atoms with Gasteiger partial charge in [0.15, 0.2) is 0 Å². The molecule has 3 heteroatoms. The van der Waals surface area contributed by atoms with Gasteiger partial charge in [-0.3, -0.25) is 0 Å². The summed E-state index contributed by atoms with van der Waals surface area (Å²) in [7, 11) is 0. The van der Waals surface area contributed by atoms with Crippen LogP contribution >= 0.6 is 12.2 Å². The fraction of sp³-hybridized carbons (Fsp3) is 0.562. The minimum Gasteiger partial charge on any atom is -0.389 e. The van der Waals surface area contributed by atoms with Gasteiger partial charge in [-0.1, -0.05) is 50.4 Å². The lowest BCUT2D eigenvalue weighted by Crippen LogP contribution is -2.16. The highest BCUT2D eigenvalue weighted by molar-refractivity contribution is 7.80. The highest BCUT2D eigenvalue weighted by Gasteiger charge is 2.13. The Morgan fingerprint density at radius 3 is 2.74 bits per heavy atom. The van der Waals surface area contributed by atoms with Crippen molar-refractivity contribution in [2.75, 3.05) is 11.9 Å². The van der Waals surface area contributed by atoms with E-state index < -0.39 is 0 Å². The highest BCUT2D eigenvalue weighted by Crippen LogP contribution is 2.26. The van der Waals surface area contributed by atoms with Gasteiger partial charge in [0.1, 0.15) is 4.99 Å². The summed E-state index contributed by atoms with van der Waals surface area (Å²) in [5, 5.41) is 3.52. The number of nitrogens with one attached hydrogen (secondary N) is 1. The Kier molecular flexibility index (Phi) is 5.20. The predicted octanol–water partition coefficient (Wildman–Crippen LogP) is 4.01. The molecule has 2 nitrogen and oxygen atoms in total. The number of aryl methyl sites for hydroxylation is 1. The molecule has 0 atom stereocenters. The van der Waals surface area contributed by atoms with Gasteiger partial charge in [0, 0.05) is 17.8 Å². The maximum atomic E-state index is 5.77. The number of hydrogen-bond acceptors (Lipinski definition) is 2. The quantitative estimate of drug-likeness (QED) is 0.798. The summed E-state index contributed by atoms with van der Waals surface area (Å²) in [5.41, 5.74) is 9.06. The van der Waals surface area contributed by atoms with E-state index in [0.717, 1.165) is 23.7 Å². The molecule has 1 aromatic rings. The lowest BCUT2D eigenvalue weighted by molar-refractivity contribution is 0.345. The van der Waals surface area contributed by atoms with Gasteiger partial charge in [0.25, 0.3) is 0 Å². The molecule has 0 aliphatic heterocycles. The largest absolute Gasteiger partial charge is 0.389 e. The molecular weight excluding hydrogens is 252 g/mol. The molecule has 19 heavy (non-hydrogen) atoms.